The van der Waals surface area contributed by atoms with Gasteiger partial charge in [0.05, 0.1) is 11.4 Å². The largest absolute Gasteiger partial charge is 0.306 e. The first-order valence-corrected chi connectivity index (χ1v) is 12.6. The maximum atomic E-state index is 14.9. The van der Waals surface area contributed by atoms with Crippen molar-refractivity contribution < 1.29 is 12.8 Å². The van der Waals surface area contributed by atoms with Crippen LogP contribution in [-0.2, 0) is 23.0 Å². The van der Waals surface area contributed by atoms with E-state index in [2.05, 4.69) is 43.1 Å². The van der Waals surface area contributed by atoms with Crippen LogP contribution < -0.4 is 10.5 Å². The number of benzene rings is 2. The number of halogens is 2. The van der Waals surface area contributed by atoms with Crippen molar-refractivity contribution in [2.24, 2.45) is 17.0 Å². The molecule has 1 heterocycles. The number of nitrogens with one attached hydrogen (secondary N) is 1. The second-order valence-electron chi connectivity index (χ2n) is 8.71. The van der Waals surface area contributed by atoms with Gasteiger partial charge in [-0.15, -0.1) is 5.10 Å². The Morgan fingerprint density at radius 2 is 1.73 bits per heavy atom. The summed E-state index contributed by atoms with van der Waals surface area (Å²) in [4.78, 5) is 4.35. The molecule has 0 atom stereocenters. The molecular formula is C23H29ClFN5O2S. The van der Waals surface area contributed by atoms with Gasteiger partial charge in [0.25, 0.3) is 0 Å². The maximum absolute atomic E-state index is 14.9. The van der Waals surface area contributed by atoms with Gasteiger partial charge in [0.2, 0.25) is 10.0 Å². The fraction of sp³-hybridized carbons (Fsp3) is 0.391. The fourth-order valence-electron chi connectivity index (χ4n) is 3.85. The quantitative estimate of drug-likeness (QED) is 0.467. The molecule has 0 spiro atoms. The van der Waals surface area contributed by atoms with E-state index < -0.39 is 15.8 Å². The molecule has 178 valence electrons. The Bertz CT molecular complexity index is 1200. The van der Waals surface area contributed by atoms with Gasteiger partial charge in [0.15, 0.2) is 5.82 Å². The molecule has 0 radical (unpaired) electrons. The minimum Gasteiger partial charge on any atom is -0.306 e. The Morgan fingerprint density at radius 3 is 2.27 bits per heavy atom. The molecule has 2 aromatic carbocycles. The molecule has 0 unspecified atom stereocenters. The Morgan fingerprint density at radius 1 is 1.09 bits per heavy atom. The molecule has 0 bridgehead atoms. The highest BCUT2D eigenvalue weighted by molar-refractivity contribution is 7.89. The van der Waals surface area contributed by atoms with Gasteiger partial charge in [0, 0.05) is 17.5 Å². The van der Waals surface area contributed by atoms with Gasteiger partial charge in [-0.2, -0.15) is 0 Å². The van der Waals surface area contributed by atoms with E-state index in [1.165, 1.54) is 16.8 Å². The van der Waals surface area contributed by atoms with Gasteiger partial charge in [0.1, 0.15) is 17.3 Å². The Hall–Kier alpha value is -2.33. The van der Waals surface area contributed by atoms with Gasteiger partial charge < -0.3 is 5.32 Å². The van der Waals surface area contributed by atoms with E-state index in [1.807, 2.05) is 12.1 Å². The summed E-state index contributed by atoms with van der Waals surface area (Å²) < 4.78 is 39.5. The second-order valence-corrected chi connectivity index (χ2v) is 10.7. The van der Waals surface area contributed by atoms with Crippen molar-refractivity contribution >= 4 is 21.6 Å². The summed E-state index contributed by atoms with van der Waals surface area (Å²) in [6.45, 7) is 9.02. The molecule has 0 aliphatic heterocycles. The van der Waals surface area contributed by atoms with Crippen molar-refractivity contribution in [2.45, 2.75) is 51.6 Å². The lowest BCUT2D eigenvalue weighted by atomic mass is 9.93. The number of sulfonamides is 1. The normalized spacial score (nSPS) is 12.3. The number of hydrogen-bond acceptors (Lipinski definition) is 5. The van der Waals surface area contributed by atoms with Crippen molar-refractivity contribution in [3.8, 4) is 5.69 Å². The molecule has 0 aliphatic carbocycles. The predicted octanol–water partition coefficient (Wildman–Crippen LogP) is 4.07. The van der Waals surface area contributed by atoms with E-state index in [9.17, 15) is 12.8 Å². The zero-order valence-electron chi connectivity index (χ0n) is 19.1. The van der Waals surface area contributed by atoms with Crippen LogP contribution in [-0.4, -0.2) is 29.2 Å². The highest BCUT2D eigenvalue weighted by Gasteiger charge is 2.20. The third kappa shape index (κ3) is 6.38. The first-order valence-electron chi connectivity index (χ1n) is 10.7. The smallest absolute Gasteiger partial charge is 0.238 e. The molecule has 3 rings (SSSR count). The molecular weight excluding hydrogens is 465 g/mol. The van der Waals surface area contributed by atoms with Crippen molar-refractivity contribution in [3.05, 3.63) is 70.5 Å². The standard InChI is InChI=1S/C23H29ClFN5O2S/c1-14(2)23(15(3)4)27-13-21-28-22(11-16-5-7-17(24)8-6-16)30(29-21)20-10-9-18(12-19(20)25)33(26,31)32/h5-10,12,14-15,23,27H,11,13H2,1-4H3,(H2,26,31,32). The van der Waals surface area contributed by atoms with E-state index in [0.29, 0.717) is 41.5 Å². The average molecular weight is 494 g/mol. The summed E-state index contributed by atoms with van der Waals surface area (Å²) in [7, 11) is -4.02. The van der Waals surface area contributed by atoms with E-state index in [-0.39, 0.29) is 16.6 Å². The van der Waals surface area contributed by atoms with Gasteiger partial charge >= 0.3 is 0 Å². The minimum absolute atomic E-state index is 0.0920. The van der Waals surface area contributed by atoms with Crippen LogP contribution in [0.4, 0.5) is 4.39 Å². The Balaban J connectivity index is 1.99. The topological polar surface area (TPSA) is 103 Å². The number of aromatic nitrogens is 3. The second kappa shape index (κ2) is 10.3. The van der Waals surface area contributed by atoms with Gasteiger partial charge in [-0.3, -0.25) is 0 Å². The van der Waals surface area contributed by atoms with E-state index in [4.69, 9.17) is 16.7 Å². The third-order valence-electron chi connectivity index (χ3n) is 5.40. The van der Waals surface area contributed by atoms with Crippen LogP contribution in [0.1, 0.15) is 44.9 Å². The summed E-state index contributed by atoms with van der Waals surface area (Å²) in [5, 5.41) is 13.8. The molecule has 0 saturated carbocycles. The molecule has 3 N–H and O–H groups in total. The van der Waals surface area contributed by atoms with Crippen LogP contribution in [0, 0.1) is 17.7 Å². The van der Waals surface area contributed by atoms with E-state index >= 15 is 0 Å². The number of nitrogens with zero attached hydrogens (tertiary/aromatic N) is 3. The summed E-state index contributed by atoms with van der Waals surface area (Å²) >= 11 is 5.99. The van der Waals surface area contributed by atoms with Crippen LogP contribution in [0.15, 0.2) is 47.4 Å². The zero-order valence-corrected chi connectivity index (χ0v) is 20.7. The molecule has 3 aromatic rings. The molecule has 0 aliphatic rings. The lowest BCUT2D eigenvalue weighted by Gasteiger charge is -2.25. The summed E-state index contributed by atoms with van der Waals surface area (Å²) in [5.74, 6) is 1.11. The number of nitrogens with two attached hydrogens (primary N) is 1. The molecule has 7 nitrogen and oxygen atoms in total. The van der Waals surface area contributed by atoms with E-state index in [1.54, 1.807) is 12.1 Å². The average Bonchev–Trinajstić information content (AvgIpc) is 3.10. The zero-order chi connectivity index (χ0) is 24.3. The highest BCUT2D eigenvalue weighted by atomic mass is 35.5. The summed E-state index contributed by atoms with van der Waals surface area (Å²) in [6, 6.07) is 11.0. The van der Waals surface area contributed by atoms with Crippen LogP contribution in [0.3, 0.4) is 0 Å². The molecule has 0 amide bonds. The lowest BCUT2D eigenvalue weighted by Crippen LogP contribution is -2.38. The van der Waals surface area contributed by atoms with Crippen LogP contribution in [0.25, 0.3) is 5.69 Å². The predicted molar refractivity (Wildman–Crippen MR) is 127 cm³/mol. The van der Waals surface area contributed by atoms with Gasteiger partial charge in [-0.25, -0.2) is 27.6 Å². The molecule has 0 saturated heterocycles. The minimum atomic E-state index is -4.02. The SMILES string of the molecule is CC(C)C(NCc1nc(Cc2ccc(Cl)cc2)n(-c2ccc(S(N)(=O)=O)cc2F)n1)C(C)C. The van der Waals surface area contributed by atoms with Crippen LogP contribution in [0.5, 0.6) is 0 Å². The van der Waals surface area contributed by atoms with Crippen molar-refractivity contribution in [2.75, 3.05) is 0 Å². The fourth-order valence-corrected chi connectivity index (χ4v) is 4.50. The van der Waals surface area contributed by atoms with E-state index in [0.717, 1.165) is 11.6 Å². The number of rotatable bonds is 9. The van der Waals surface area contributed by atoms with Crippen LogP contribution in [0.2, 0.25) is 5.02 Å². The van der Waals surface area contributed by atoms with Crippen molar-refractivity contribution in [1.29, 1.82) is 0 Å². The Labute approximate surface area is 199 Å². The lowest BCUT2D eigenvalue weighted by molar-refractivity contribution is 0.310. The molecule has 0 fully saturated rings. The summed E-state index contributed by atoms with van der Waals surface area (Å²) in [6.07, 6.45) is 0.387. The van der Waals surface area contributed by atoms with Crippen LogP contribution >= 0.6 is 11.6 Å². The van der Waals surface area contributed by atoms with Gasteiger partial charge in [-0.1, -0.05) is 51.4 Å². The van der Waals surface area contributed by atoms with Crippen molar-refractivity contribution in [1.82, 2.24) is 20.1 Å². The molecule has 33 heavy (non-hydrogen) atoms. The molecule has 1 aromatic heterocycles. The number of hydrogen-bond donors (Lipinski definition) is 2. The summed E-state index contributed by atoms with van der Waals surface area (Å²) in [5.41, 5.74) is 1.02. The highest BCUT2D eigenvalue weighted by Crippen LogP contribution is 2.21. The number of primary sulfonamides is 1. The third-order valence-corrected chi connectivity index (χ3v) is 6.56. The van der Waals surface area contributed by atoms with Gasteiger partial charge in [-0.05, 0) is 47.7 Å². The van der Waals surface area contributed by atoms with Crippen molar-refractivity contribution in [3.63, 3.8) is 0 Å². The first kappa shape index (κ1) is 25.3. The maximum Gasteiger partial charge on any atom is 0.238 e. The monoisotopic (exact) mass is 493 g/mol. The Kier molecular flexibility index (Phi) is 7.89. The molecule has 10 heteroatoms. The first-order chi connectivity index (χ1) is 15.5.